The smallest absolute Gasteiger partial charge is 0.246 e. The van der Waals surface area contributed by atoms with Crippen LogP contribution in [0.3, 0.4) is 0 Å². The normalized spacial score (nSPS) is 10.1. The van der Waals surface area contributed by atoms with E-state index >= 15 is 0 Å². The molecule has 0 aliphatic rings. The Balaban J connectivity index is 3.16. The maximum atomic E-state index is 12.2. The molecule has 0 aliphatic carbocycles. The zero-order valence-corrected chi connectivity index (χ0v) is 7.82. The van der Waals surface area contributed by atoms with E-state index in [9.17, 15) is 13.2 Å². The molecule has 15 heavy (non-hydrogen) atoms. The van der Waals surface area contributed by atoms with Crippen molar-refractivity contribution in [2.45, 2.75) is 6.18 Å². The van der Waals surface area contributed by atoms with Gasteiger partial charge in [-0.15, -0.1) is 0 Å². The number of alkyl halides is 3. The highest BCUT2D eigenvalue weighted by Gasteiger charge is 2.31. The lowest BCUT2D eigenvalue weighted by atomic mass is 10.2. The lowest BCUT2D eigenvalue weighted by Crippen LogP contribution is -2.05. The van der Waals surface area contributed by atoms with Gasteiger partial charge >= 0.3 is 6.18 Å². The Morgan fingerprint density at radius 2 is 2.07 bits per heavy atom. The van der Waals surface area contributed by atoms with Crippen molar-refractivity contribution in [1.82, 2.24) is 4.98 Å². The first-order valence-electron chi connectivity index (χ1n) is 3.58. The van der Waals surface area contributed by atoms with Gasteiger partial charge in [-0.05, 0) is 12.0 Å². The quantitative estimate of drug-likeness (QED) is 0.643. The average molecular weight is 231 g/mol. The van der Waals surface area contributed by atoms with Crippen molar-refractivity contribution in [3.63, 3.8) is 0 Å². The summed E-state index contributed by atoms with van der Waals surface area (Å²) in [5.74, 6) is 4.21. The number of nitrogens with zero attached hydrogens (tertiary/aromatic N) is 2. The molecule has 0 radical (unpaired) electrons. The third kappa shape index (κ3) is 2.87. The van der Waals surface area contributed by atoms with E-state index in [1.54, 1.807) is 0 Å². The molecule has 0 N–H and O–H groups in total. The van der Waals surface area contributed by atoms with Gasteiger partial charge in [-0.25, -0.2) is 4.98 Å². The molecular formula is C9H2ClF3N2. The van der Waals surface area contributed by atoms with Crippen LogP contribution in [-0.4, -0.2) is 4.98 Å². The average Bonchev–Trinajstić information content (AvgIpc) is 2.14. The molecule has 0 atom stereocenters. The fraction of sp³-hybridized carbons (Fsp3) is 0.111. The lowest BCUT2D eigenvalue weighted by molar-refractivity contribution is -0.137. The van der Waals surface area contributed by atoms with Crippen molar-refractivity contribution in [2.24, 2.45) is 0 Å². The number of pyridine rings is 1. The van der Waals surface area contributed by atoms with Crippen molar-refractivity contribution in [3.8, 4) is 17.9 Å². The summed E-state index contributed by atoms with van der Waals surface area (Å²) in [4.78, 5) is 3.41. The molecule has 0 amide bonds. The van der Waals surface area contributed by atoms with E-state index in [-0.39, 0.29) is 10.7 Å². The summed E-state index contributed by atoms with van der Waals surface area (Å²) in [5.41, 5.74) is -0.999. The summed E-state index contributed by atoms with van der Waals surface area (Å²) < 4.78 is 36.5. The Hall–Kier alpha value is -1.72. The second-order valence-electron chi connectivity index (χ2n) is 2.41. The molecule has 0 aromatic carbocycles. The van der Waals surface area contributed by atoms with Crippen LogP contribution in [0.2, 0.25) is 5.02 Å². The first-order chi connectivity index (χ1) is 6.95. The monoisotopic (exact) mass is 230 g/mol. The van der Waals surface area contributed by atoms with E-state index in [1.807, 2.05) is 5.92 Å². The summed E-state index contributed by atoms with van der Waals surface area (Å²) in [6, 6.07) is 2.22. The molecule has 0 bridgehead atoms. The van der Waals surface area contributed by atoms with Crippen LogP contribution < -0.4 is 0 Å². The summed E-state index contributed by atoms with van der Waals surface area (Å²) in [5, 5.41) is 7.90. The highest BCUT2D eigenvalue weighted by Crippen LogP contribution is 2.30. The van der Waals surface area contributed by atoms with Crippen molar-refractivity contribution in [2.75, 3.05) is 0 Å². The van der Waals surface area contributed by atoms with Gasteiger partial charge in [-0.1, -0.05) is 11.6 Å². The predicted octanol–water partition coefficient (Wildman–Crippen LogP) is 2.63. The van der Waals surface area contributed by atoms with E-state index in [4.69, 9.17) is 16.9 Å². The van der Waals surface area contributed by atoms with E-state index < -0.39 is 11.7 Å². The Labute approximate surface area is 88.3 Å². The third-order valence-corrected chi connectivity index (χ3v) is 1.69. The summed E-state index contributed by atoms with van der Waals surface area (Å²) in [7, 11) is 0. The Kier molecular flexibility index (Phi) is 3.18. The third-order valence-electron chi connectivity index (χ3n) is 1.41. The zero-order chi connectivity index (χ0) is 11.5. The number of halogens is 4. The van der Waals surface area contributed by atoms with Crippen molar-refractivity contribution in [3.05, 3.63) is 28.5 Å². The highest BCUT2D eigenvalue weighted by atomic mass is 35.5. The Morgan fingerprint density at radius 3 is 2.53 bits per heavy atom. The van der Waals surface area contributed by atoms with Gasteiger partial charge in [0.25, 0.3) is 0 Å². The fourth-order valence-electron chi connectivity index (χ4n) is 0.772. The van der Waals surface area contributed by atoms with E-state index in [1.165, 1.54) is 6.07 Å². The molecule has 0 spiro atoms. The Bertz CT molecular complexity index is 477. The lowest BCUT2D eigenvalue weighted by Gasteiger charge is -2.06. The minimum absolute atomic E-state index is 0.0498. The molecule has 2 nitrogen and oxygen atoms in total. The molecule has 0 aliphatic heterocycles. The van der Waals surface area contributed by atoms with Gasteiger partial charge < -0.3 is 0 Å². The van der Waals surface area contributed by atoms with E-state index in [0.29, 0.717) is 6.20 Å². The molecule has 0 saturated carbocycles. The van der Waals surface area contributed by atoms with Gasteiger partial charge in [-0.2, -0.15) is 18.4 Å². The molecule has 0 saturated heterocycles. The minimum Gasteiger partial charge on any atom is -0.246 e. The zero-order valence-electron chi connectivity index (χ0n) is 7.06. The number of aromatic nitrogens is 1. The summed E-state index contributed by atoms with van der Waals surface area (Å²) in [6.45, 7) is 0. The largest absolute Gasteiger partial charge is 0.417 e. The summed E-state index contributed by atoms with van der Waals surface area (Å²) >= 11 is 5.50. The van der Waals surface area contributed by atoms with Crippen LogP contribution in [-0.2, 0) is 6.18 Å². The van der Waals surface area contributed by atoms with E-state index in [0.717, 1.165) is 6.07 Å². The van der Waals surface area contributed by atoms with Gasteiger partial charge in [0.1, 0.15) is 5.69 Å². The first kappa shape index (κ1) is 11.4. The second kappa shape index (κ2) is 4.20. The van der Waals surface area contributed by atoms with Crippen LogP contribution >= 0.6 is 11.6 Å². The fourth-order valence-corrected chi connectivity index (χ4v) is 0.986. The van der Waals surface area contributed by atoms with Crippen LogP contribution in [0.4, 0.5) is 13.2 Å². The SMILES string of the molecule is N#CC#Cc1ncc(C(F)(F)F)cc1Cl. The molecule has 0 unspecified atom stereocenters. The number of hydrogen-bond acceptors (Lipinski definition) is 2. The molecule has 1 aromatic heterocycles. The number of rotatable bonds is 0. The molecular weight excluding hydrogens is 229 g/mol. The number of hydrogen-bond donors (Lipinski definition) is 0. The Morgan fingerprint density at radius 1 is 1.40 bits per heavy atom. The van der Waals surface area contributed by atoms with Crippen LogP contribution in [0.15, 0.2) is 12.3 Å². The molecule has 76 valence electrons. The molecule has 6 heteroatoms. The van der Waals surface area contributed by atoms with Crippen molar-refractivity contribution < 1.29 is 13.2 Å². The van der Waals surface area contributed by atoms with Gasteiger partial charge in [0.05, 0.1) is 10.6 Å². The van der Waals surface area contributed by atoms with Gasteiger partial charge in [0, 0.05) is 12.1 Å². The molecule has 1 rings (SSSR count). The summed E-state index contributed by atoms with van der Waals surface area (Å²) in [6.07, 6.45) is -3.87. The molecule has 1 heterocycles. The second-order valence-corrected chi connectivity index (χ2v) is 2.82. The standard InChI is InChI=1S/C9H2ClF3N2/c10-7-4-6(9(11,12)13)5-15-8(7)2-1-3-14/h4-5H. The maximum Gasteiger partial charge on any atom is 0.417 e. The van der Waals surface area contributed by atoms with Gasteiger partial charge in [0.2, 0.25) is 0 Å². The van der Waals surface area contributed by atoms with Gasteiger partial charge in [0.15, 0.2) is 6.07 Å². The molecule has 1 aromatic rings. The van der Waals surface area contributed by atoms with E-state index in [2.05, 4.69) is 10.9 Å². The minimum atomic E-state index is -4.49. The van der Waals surface area contributed by atoms with Crippen molar-refractivity contribution >= 4 is 11.6 Å². The van der Waals surface area contributed by atoms with Crippen LogP contribution in [0, 0.1) is 23.2 Å². The van der Waals surface area contributed by atoms with Crippen molar-refractivity contribution in [1.29, 1.82) is 5.26 Å². The molecule has 0 fully saturated rings. The van der Waals surface area contributed by atoms with Crippen LogP contribution in [0.5, 0.6) is 0 Å². The maximum absolute atomic E-state index is 12.2. The highest BCUT2D eigenvalue weighted by molar-refractivity contribution is 6.31. The first-order valence-corrected chi connectivity index (χ1v) is 3.96. The van der Waals surface area contributed by atoms with Crippen LogP contribution in [0.25, 0.3) is 0 Å². The van der Waals surface area contributed by atoms with Gasteiger partial charge in [-0.3, -0.25) is 0 Å². The van der Waals surface area contributed by atoms with Crippen LogP contribution in [0.1, 0.15) is 11.3 Å². The predicted molar refractivity (Wildman–Crippen MR) is 46.7 cm³/mol. The topological polar surface area (TPSA) is 36.7 Å². The number of nitriles is 1.